The Balaban J connectivity index is 2.79. The minimum absolute atomic E-state index is 0.130. The van der Waals surface area contributed by atoms with E-state index < -0.39 is 0 Å². The number of hydrogen-bond acceptors (Lipinski definition) is 4. The second kappa shape index (κ2) is 3.48. The molecule has 14 heavy (non-hydrogen) atoms. The van der Waals surface area contributed by atoms with E-state index in [0.717, 1.165) is 4.70 Å². The first-order valence-corrected chi connectivity index (χ1v) is 4.97. The van der Waals surface area contributed by atoms with Crippen molar-refractivity contribution in [2.45, 2.75) is 6.61 Å². The molecule has 0 aliphatic heterocycles. The summed E-state index contributed by atoms with van der Waals surface area (Å²) in [5.74, 6) is 0.765. The van der Waals surface area contributed by atoms with Crippen LogP contribution >= 0.6 is 11.3 Å². The summed E-state index contributed by atoms with van der Waals surface area (Å²) >= 11 is 1.37. The van der Waals surface area contributed by atoms with E-state index in [4.69, 9.17) is 9.84 Å². The zero-order valence-electron chi connectivity index (χ0n) is 7.65. The van der Waals surface area contributed by atoms with Gasteiger partial charge in [0, 0.05) is 4.70 Å². The molecule has 1 heterocycles. The van der Waals surface area contributed by atoms with Crippen molar-refractivity contribution >= 4 is 21.4 Å². The van der Waals surface area contributed by atoms with Crippen molar-refractivity contribution in [3.8, 4) is 11.5 Å². The zero-order valence-corrected chi connectivity index (χ0v) is 8.47. The summed E-state index contributed by atoms with van der Waals surface area (Å²) in [6.45, 7) is -0.145. The third-order valence-electron chi connectivity index (χ3n) is 2.09. The van der Waals surface area contributed by atoms with Crippen molar-refractivity contribution in [3.05, 3.63) is 23.1 Å². The summed E-state index contributed by atoms with van der Waals surface area (Å²) in [6.07, 6.45) is 0. The number of hydrogen-bond donors (Lipinski definition) is 2. The molecule has 0 spiro atoms. The number of rotatable bonds is 2. The Kier molecular flexibility index (Phi) is 2.31. The van der Waals surface area contributed by atoms with Crippen LogP contribution in [0, 0.1) is 0 Å². The number of benzene rings is 1. The maximum atomic E-state index is 9.77. The summed E-state index contributed by atoms with van der Waals surface area (Å²) in [5.41, 5.74) is 0. The Labute approximate surface area is 85.2 Å². The Morgan fingerprint density at radius 1 is 1.43 bits per heavy atom. The van der Waals surface area contributed by atoms with E-state index in [1.807, 2.05) is 12.1 Å². The van der Waals surface area contributed by atoms with Crippen LogP contribution in [0.2, 0.25) is 0 Å². The molecule has 0 saturated carbocycles. The lowest BCUT2D eigenvalue weighted by Gasteiger charge is -2.01. The maximum absolute atomic E-state index is 9.77. The smallest absolute Gasteiger partial charge is 0.143 e. The first-order valence-electron chi connectivity index (χ1n) is 4.16. The number of aliphatic hydroxyl groups excluding tert-OH is 1. The van der Waals surface area contributed by atoms with Gasteiger partial charge < -0.3 is 14.9 Å². The summed E-state index contributed by atoms with van der Waals surface area (Å²) in [4.78, 5) is 0.574. The number of thiophene rings is 1. The van der Waals surface area contributed by atoms with Gasteiger partial charge in [0.2, 0.25) is 0 Å². The Morgan fingerprint density at radius 2 is 2.21 bits per heavy atom. The van der Waals surface area contributed by atoms with Gasteiger partial charge in [-0.3, -0.25) is 0 Å². The van der Waals surface area contributed by atoms with Crippen molar-refractivity contribution in [2.75, 3.05) is 7.11 Å². The zero-order chi connectivity index (χ0) is 10.1. The third kappa shape index (κ3) is 1.23. The minimum Gasteiger partial charge on any atom is -0.506 e. The van der Waals surface area contributed by atoms with Crippen LogP contribution in [0.25, 0.3) is 10.1 Å². The molecule has 2 aromatic rings. The lowest BCUT2D eigenvalue weighted by molar-refractivity contribution is 0.280. The van der Waals surface area contributed by atoms with Crippen LogP contribution in [0.1, 0.15) is 4.88 Å². The van der Waals surface area contributed by atoms with E-state index in [-0.39, 0.29) is 12.4 Å². The van der Waals surface area contributed by atoms with E-state index in [1.165, 1.54) is 11.3 Å². The first kappa shape index (κ1) is 9.30. The van der Waals surface area contributed by atoms with Crippen molar-refractivity contribution in [1.82, 2.24) is 0 Å². The van der Waals surface area contributed by atoms with Crippen molar-refractivity contribution in [2.24, 2.45) is 0 Å². The SMILES string of the molecule is COc1cccc2sc(CO)c(O)c12. The van der Waals surface area contributed by atoms with E-state index in [9.17, 15) is 5.11 Å². The maximum Gasteiger partial charge on any atom is 0.143 e. The van der Waals surface area contributed by atoms with Crippen LogP contribution in [0.4, 0.5) is 0 Å². The fourth-order valence-electron chi connectivity index (χ4n) is 1.43. The number of fused-ring (bicyclic) bond motifs is 1. The van der Waals surface area contributed by atoms with Crippen LogP contribution in [0.3, 0.4) is 0 Å². The van der Waals surface area contributed by atoms with E-state index in [2.05, 4.69) is 0 Å². The van der Waals surface area contributed by atoms with Crippen molar-refractivity contribution in [3.63, 3.8) is 0 Å². The molecule has 2 rings (SSSR count). The number of aliphatic hydroxyl groups is 1. The lowest BCUT2D eigenvalue weighted by atomic mass is 10.2. The van der Waals surface area contributed by atoms with Crippen molar-refractivity contribution in [1.29, 1.82) is 0 Å². The molecule has 4 heteroatoms. The molecule has 3 nitrogen and oxygen atoms in total. The lowest BCUT2D eigenvalue weighted by Crippen LogP contribution is -1.82. The highest BCUT2D eigenvalue weighted by Crippen LogP contribution is 2.41. The molecule has 0 saturated heterocycles. The molecule has 0 amide bonds. The molecule has 0 aliphatic carbocycles. The quantitative estimate of drug-likeness (QED) is 0.798. The van der Waals surface area contributed by atoms with Gasteiger partial charge in [-0.15, -0.1) is 11.3 Å². The third-order valence-corrected chi connectivity index (χ3v) is 3.21. The molecule has 1 aromatic carbocycles. The van der Waals surface area contributed by atoms with Gasteiger partial charge in [-0.25, -0.2) is 0 Å². The Bertz CT molecular complexity index is 462. The average Bonchev–Trinajstić information content (AvgIpc) is 2.55. The topological polar surface area (TPSA) is 49.7 Å². The molecular weight excluding hydrogens is 200 g/mol. The fourth-order valence-corrected chi connectivity index (χ4v) is 2.40. The molecule has 1 aromatic heterocycles. The van der Waals surface area contributed by atoms with Crippen LogP contribution in [-0.2, 0) is 6.61 Å². The van der Waals surface area contributed by atoms with Gasteiger partial charge in [0.05, 0.1) is 24.0 Å². The first-order chi connectivity index (χ1) is 6.77. The number of methoxy groups -OCH3 is 1. The Morgan fingerprint density at radius 3 is 2.86 bits per heavy atom. The second-order valence-corrected chi connectivity index (χ2v) is 4.00. The molecule has 0 bridgehead atoms. The number of aromatic hydroxyl groups is 1. The summed E-state index contributed by atoms with van der Waals surface area (Å²) < 4.78 is 6.05. The van der Waals surface area contributed by atoms with Gasteiger partial charge in [-0.1, -0.05) is 6.07 Å². The normalized spacial score (nSPS) is 10.7. The van der Waals surface area contributed by atoms with Crippen LogP contribution in [-0.4, -0.2) is 17.3 Å². The molecule has 74 valence electrons. The largest absolute Gasteiger partial charge is 0.506 e. The summed E-state index contributed by atoms with van der Waals surface area (Å²) in [6, 6.07) is 5.54. The van der Waals surface area contributed by atoms with E-state index in [0.29, 0.717) is 16.0 Å². The molecule has 0 fully saturated rings. The predicted octanol–water partition coefficient (Wildman–Crippen LogP) is 2.11. The van der Waals surface area contributed by atoms with Gasteiger partial charge >= 0.3 is 0 Å². The standard InChI is InChI=1S/C10H10O3S/c1-13-6-3-2-4-7-9(6)10(12)8(5-11)14-7/h2-4,11-12H,5H2,1H3. The average molecular weight is 210 g/mol. The monoisotopic (exact) mass is 210 g/mol. The number of ether oxygens (including phenoxy) is 1. The summed E-state index contributed by atoms with van der Waals surface area (Å²) in [5, 5.41) is 19.4. The molecule has 0 aliphatic rings. The summed E-state index contributed by atoms with van der Waals surface area (Å²) in [7, 11) is 1.56. The highest BCUT2D eigenvalue weighted by atomic mass is 32.1. The minimum atomic E-state index is -0.145. The molecule has 0 unspecified atom stereocenters. The highest BCUT2D eigenvalue weighted by Gasteiger charge is 2.13. The molecular formula is C10H10O3S. The predicted molar refractivity (Wildman–Crippen MR) is 56.0 cm³/mol. The van der Waals surface area contributed by atoms with E-state index in [1.54, 1.807) is 13.2 Å². The molecule has 0 radical (unpaired) electrons. The van der Waals surface area contributed by atoms with Crippen LogP contribution in [0.5, 0.6) is 11.5 Å². The van der Waals surface area contributed by atoms with Gasteiger partial charge in [0.25, 0.3) is 0 Å². The molecule has 0 atom stereocenters. The van der Waals surface area contributed by atoms with Crippen LogP contribution in [0.15, 0.2) is 18.2 Å². The van der Waals surface area contributed by atoms with Gasteiger partial charge in [0.1, 0.15) is 11.5 Å². The van der Waals surface area contributed by atoms with E-state index >= 15 is 0 Å². The van der Waals surface area contributed by atoms with Crippen molar-refractivity contribution < 1.29 is 14.9 Å². The Hall–Kier alpha value is -1.26. The fraction of sp³-hybridized carbons (Fsp3) is 0.200. The highest BCUT2D eigenvalue weighted by molar-refractivity contribution is 7.19. The van der Waals surface area contributed by atoms with Gasteiger partial charge in [-0.05, 0) is 12.1 Å². The van der Waals surface area contributed by atoms with Gasteiger partial charge in [-0.2, -0.15) is 0 Å². The molecule has 2 N–H and O–H groups in total. The van der Waals surface area contributed by atoms with Gasteiger partial charge in [0.15, 0.2) is 0 Å². The van der Waals surface area contributed by atoms with Crippen LogP contribution < -0.4 is 4.74 Å². The second-order valence-electron chi connectivity index (χ2n) is 2.87.